The fourth-order valence-electron chi connectivity index (χ4n) is 0.841. The minimum Gasteiger partial charge on any atom is -0.318 e. The maximum atomic E-state index is 7.22. The van der Waals surface area contributed by atoms with E-state index in [-0.39, 0.29) is 21.6 Å². The second-order valence-corrected chi connectivity index (χ2v) is 2.77. The summed E-state index contributed by atoms with van der Waals surface area (Å²) in [5.74, 6) is 0. The van der Waals surface area contributed by atoms with Gasteiger partial charge in [-0.25, -0.2) is 9.97 Å². The summed E-state index contributed by atoms with van der Waals surface area (Å²) in [7, 11) is 0. The molecule has 0 atom stereocenters. The number of nitrogens with zero attached hydrogens (tertiary/aromatic N) is 4. The van der Waals surface area contributed by atoms with Crippen molar-refractivity contribution in [3.8, 4) is 0 Å². The van der Waals surface area contributed by atoms with Gasteiger partial charge in [0.15, 0.2) is 10.8 Å². The maximum absolute atomic E-state index is 7.22. The van der Waals surface area contributed by atoms with Crippen molar-refractivity contribution in [2.45, 2.75) is 0 Å². The third-order valence-electron chi connectivity index (χ3n) is 1.33. The van der Waals surface area contributed by atoms with Crippen LogP contribution in [0.3, 0.4) is 0 Å². The van der Waals surface area contributed by atoms with Gasteiger partial charge >= 0.3 is 0 Å². The van der Waals surface area contributed by atoms with E-state index in [1.54, 1.807) is 0 Å². The van der Waals surface area contributed by atoms with Gasteiger partial charge in [0.25, 0.3) is 0 Å². The van der Waals surface area contributed by atoms with E-state index in [0.29, 0.717) is 0 Å². The Balaban J connectivity index is 2.80. The number of aryl methyl sites for hydroxylation is 1. The first-order chi connectivity index (χ1) is 6.89. The van der Waals surface area contributed by atoms with Crippen molar-refractivity contribution in [3.05, 3.63) is 16.8 Å². The molecule has 0 saturated carbocycles. The smallest absolute Gasteiger partial charge is 0.225 e. The number of fused-ring (bicyclic) bond motifs is 1. The van der Waals surface area contributed by atoms with Crippen LogP contribution in [0.25, 0.3) is 11.2 Å². The minimum absolute atomic E-state index is 0.0352. The minimum atomic E-state index is -2.37. The zero-order valence-corrected chi connectivity index (χ0v) is 7.13. The molecule has 0 spiro atoms. The van der Waals surface area contributed by atoms with Crippen molar-refractivity contribution in [1.29, 1.82) is 0 Å². The number of hydrogen-bond donors (Lipinski definition) is 0. The van der Waals surface area contributed by atoms with Gasteiger partial charge in [0.1, 0.15) is 5.52 Å². The Morgan fingerprint density at radius 3 is 3.08 bits per heavy atom. The highest BCUT2D eigenvalue weighted by Gasteiger charge is 2.07. The number of imidazole rings is 1. The van der Waals surface area contributed by atoms with Crippen molar-refractivity contribution in [2.24, 2.45) is 6.98 Å². The normalized spacial score (nSPS) is 15.7. The van der Waals surface area contributed by atoms with Crippen LogP contribution >= 0.6 is 23.2 Å². The molecule has 12 heavy (non-hydrogen) atoms. The molecule has 0 radical (unpaired) electrons. The quantitative estimate of drug-likeness (QED) is 0.486. The largest absolute Gasteiger partial charge is 0.318 e. The van der Waals surface area contributed by atoms with Crippen LogP contribution in [0.15, 0.2) is 6.33 Å². The van der Waals surface area contributed by atoms with Crippen LogP contribution in [0.1, 0.15) is 4.11 Å². The van der Waals surface area contributed by atoms with Gasteiger partial charge in [0.2, 0.25) is 5.28 Å². The number of rotatable bonds is 0. The van der Waals surface area contributed by atoms with Crippen molar-refractivity contribution in [1.82, 2.24) is 19.5 Å². The average molecular weight is 206 g/mol. The number of halogens is 2. The highest BCUT2D eigenvalue weighted by molar-refractivity contribution is 6.35. The molecular weight excluding hydrogens is 199 g/mol. The van der Waals surface area contributed by atoms with E-state index in [9.17, 15) is 0 Å². The summed E-state index contributed by atoms with van der Waals surface area (Å²) >= 11 is 11.3. The van der Waals surface area contributed by atoms with Gasteiger partial charge in [-0.15, -0.1) is 0 Å². The molecule has 2 rings (SSSR count). The van der Waals surface area contributed by atoms with Gasteiger partial charge < -0.3 is 4.57 Å². The van der Waals surface area contributed by atoms with Crippen LogP contribution in [-0.4, -0.2) is 19.5 Å². The fourth-order valence-corrected chi connectivity index (χ4v) is 1.26. The van der Waals surface area contributed by atoms with Gasteiger partial charge in [0.05, 0.1) is 6.33 Å². The summed E-state index contributed by atoms with van der Waals surface area (Å²) in [4.78, 5) is 11.2. The lowest BCUT2D eigenvalue weighted by Gasteiger charge is -1.94. The van der Waals surface area contributed by atoms with E-state index >= 15 is 0 Å². The molecule has 0 aliphatic heterocycles. The summed E-state index contributed by atoms with van der Waals surface area (Å²) in [6, 6.07) is 0. The van der Waals surface area contributed by atoms with Crippen LogP contribution in [0.4, 0.5) is 0 Å². The summed E-state index contributed by atoms with van der Waals surface area (Å²) in [6.07, 6.45) is 1.13. The van der Waals surface area contributed by atoms with E-state index in [2.05, 4.69) is 15.0 Å². The van der Waals surface area contributed by atoms with Crippen LogP contribution in [0, 0.1) is 0 Å². The molecule has 0 aliphatic rings. The Bertz CT molecular complexity index is 521. The first kappa shape index (κ1) is 4.99. The van der Waals surface area contributed by atoms with Crippen molar-refractivity contribution >= 4 is 34.4 Å². The van der Waals surface area contributed by atoms with Gasteiger partial charge in [-0.1, -0.05) is 11.6 Å². The molecule has 2 heterocycles. The molecule has 0 bridgehead atoms. The predicted molar refractivity (Wildman–Crippen MR) is 46.3 cm³/mol. The molecule has 6 heteroatoms. The molecular formula is C6H4Cl2N4. The second kappa shape index (κ2) is 2.57. The first-order valence-electron chi connectivity index (χ1n) is 4.46. The maximum Gasteiger partial charge on any atom is 0.225 e. The predicted octanol–water partition coefficient (Wildman–Crippen LogP) is 1.67. The molecule has 0 amide bonds. The number of hydrogen-bond acceptors (Lipinski definition) is 3. The number of aromatic nitrogens is 4. The van der Waals surface area contributed by atoms with Crippen LogP contribution in [0.2, 0.25) is 10.4 Å². The first-order valence-corrected chi connectivity index (χ1v) is 3.72. The van der Waals surface area contributed by atoms with Gasteiger partial charge in [-0.05, 0) is 11.6 Å². The molecule has 0 aromatic carbocycles. The monoisotopic (exact) mass is 205 g/mol. The highest BCUT2D eigenvalue weighted by Crippen LogP contribution is 2.19. The van der Waals surface area contributed by atoms with E-state index in [0.717, 1.165) is 10.9 Å². The van der Waals surface area contributed by atoms with Crippen molar-refractivity contribution in [3.63, 3.8) is 0 Å². The molecule has 4 nitrogen and oxygen atoms in total. The zero-order chi connectivity index (χ0) is 11.2. The van der Waals surface area contributed by atoms with E-state index in [1.165, 1.54) is 0 Å². The Morgan fingerprint density at radius 2 is 2.33 bits per heavy atom. The zero-order valence-electron chi connectivity index (χ0n) is 8.62. The Labute approximate surface area is 82.4 Å². The SMILES string of the molecule is [2H]C([2H])([2H])n1cnc2c(Cl)nc(Cl)nc21. The lowest BCUT2D eigenvalue weighted by Crippen LogP contribution is -1.90. The molecule has 0 unspecified atom stereocenters. The lowest BCUT2D eigenvalue weighted by molar-refractivity contribution is 0.928. The average Bonchev–Trinajstić information content (AvgIpc) is 2.45. The standard InChI is InChI=1S/C6H4Cl2N4/c1-12-2-9-3-4(7)10-6(8)11-5(3)12/h2H,1H3/i1D3. The summed E-state index contributed by atoms with van der Waals surface area (Å²) < 4.78 is 22.6. The third-order valence-corrected chi connectivity index (χ3v) is 1.76. The molecule has 0 fully saturated rings. The second-order valence-electron chi connectivity index (χ2n) is 2.07. The molecule has 2 aromatic rings. The van der Waals surface area contributed by atoms with Gasteiger partial charge in [-0.2, -0.15) is 4.98 Å². The third kappa shape index (κ3) is 1.04. The lowest BCUT2D eigenvalue weighted by atomic mass is 10.5. The molecule has 62 valence electrons. The molecule has 0 aliphatic carbocycles. The fraction of sp³-hybridized carbons (Fsp3) is 0.167. The summed E-state index contributed by atoms with van der Waals surface area (Å²) in [5, 5.41) is -0.0773. The summed E-state index contributed by atoms with van der Waals surface area (Å²) in [6.45, 7) is -2.37. The van der Waals surface area contributed by atoms with Crippen LogP contribution in [-0.2, 0) is 6.98 Å². The summed E-state index contributed by atoms with van der Waals surface area (Å²) in [5.41, 5.74) is 0.317. The van der Waals surface area contributed by atoms with E-state index in [1.807, 2.05) is 0 Å². The van der Waals surface area contributed by atoms with E-state index in [4.69, 9.17) is 27.3 Å². The van der Waals surface area contributed by atoms with Gasteiger partial charge in [-0.3, -0.25) is 0 Å². The highest BCUT2D eigenvalue weighted by atomic mass is 35.5. The van der Waals surface area contributed by atoms with E-state index < -0.39 is 6.98 Å². The topological polar surface area (TPSA) is 43.6 Å². The van der Waals surface area contributed by atoms with Crippen LogP contribution in [0.5, 0.6) is 0 Å². The Kier molecular flexibility index (Phi) is 1.07. The van der Waals surface area contributed by atoms with Crippen molar-refractivity contribution < 1.29 is 4.11 Å². The molecule has 0 N–H and O–H groups in total. The molecule has 0 saturated heterocycles. The van der Waals surface area contributed by atoms with Gasteiger partial charge in [0, 0.05) is 11.1 Å². The van der Waals surface area contributed by atoms with Crippen LogP contribution < -0.4 is 0 Å². The molecule has 2 aromatic heterocycles. The Hall–Kier alpha value is -0.870. The van der Waals surface area contributed by atoms with Crippen molar-refractivity contribution in [2.75, 3.05) is 0 Å². The Morgan fingerprint density at radius 1 is 1.50 bits per heavy atom.